The smallest absolute Gasteiger partial charge is 0.131 e. The second kappa shape index (κ2) is 3.96. The number of nitrogens with one attached hydrogen (secondary N) is 1. The predicted molar refractivity (Wildman–Crippen MR) is 52.7 cm³/mol. The van der Waals surface area contributed by atoms with Crippen LogP contribution in [-0.2, 0) is 0 Å². The highest BCUT2D eigenvalue weighted by atomic mass is 19.1. The lowest BCUT2D eigenvalue weighted by atomic mass is 9.97. The number of phenolic OH excluding ortho intramolecular Hbond substituents is 1. The van der Waals surface area contributed by atoms with Crippen molar-refractivity contribution in [3.63, 3.8) is 0 Å². The van der Waals surface area contributed by atoms with Crippen LogP contribution >= 0.6 is 0 Å². The lowest BCUT2D eigenvalue weighted by Gasteiger charge is -2.24. The first-order valence-electron chi connectivity index (χ1n) is 4.99. The molecule has 0 aromatic heterocycles. The summed E-state index contributed by atoms with van der Waals surface area (Å²) in [4.78, 5) is 0. The molecule has 0 amide bonds. The van der Waals surface area contributed by atoms with Crippen LogP contribution in [0, 0.1) is 5.82 Å². The second-order valence-electron chi connectivity index (χ2n) is 3.71. The number of aromatic hydroxyl groups is 1. The van der Waals surface area contributed by atoms with Crippen LogP contribution in [0.4, 0.5) is 4.39 Å². The van der Waals surface area contributed by atoms with E-state index in [0.717, 1.165) is 25.8 Å². The summed E-state index contributed by atoms with van der Waals surface area (Å²) in [5.74, 6) is -0.327. The molecule has 1 aliphatic heterocycles. The predicted octanol–water partition coefficient (Wildman–Crippen LogP) is 2.35. The average molecular weight is 195 g/mol. The van der Waals surface area contributed by atoms with Crippen LogP contribution in [0.1, 0.15) is 30.9 Å². The van der Waals surface area contributed by atoms with E-state index >= 15 is 0 Å². The number of rotatable bonds is 1. The number of hydrogen-bond donors (Lipinski definition) is 2. The van der Waals surface area contributed by atoms with Gasteiger partial charge >= 0.3 is 0 Å². The van der Waals surface area contributed by atoms with E-state index in [1.807, 2.05) is 0 Å². The maximum Gasteiger partial charge on any atom is 0.131 e. The third kappa shape index (κ3) is 1.87. The molecule has 2 rings (SSSR count). The first-order valence-corrected chi connectivity index (χ1v) is 4.99. The van der Waals surface area contributed by atoms with Gasteiger partial charge in [-0.15, -0.1) is 0 Å². The van der Waals surface area contributed by atoms with Gasteiger partial charge in [0, 0.05) is 17.7 Å². The van der Waals surface area contributed by atoms with Crippen LogP contribution in [0.15, 0.2) is 18.2 Å². The number of hydrogen-bond acceptors (Lipinski definition) is 2. The topological polar surface area (TPSA) is 32.3 Å². The summed E-state index contributed by atoms with van der Waals surface area (Å²) in [6.45, 7) is 0.949. The van der Waals surface area contributed by atoms with Gasteiger partial charge in [0.25, 0.3) is 0 Å². The molecule has 14 heavy (non-hydrogen) atoms. The average Bonchev–Trinajstić information content (AvgIpc) is 2.19. The van der Waals surface area contributed by atoms with Gasteiger partial charge in [0.2, 0.25) is 0 Å². The van der Waals surface area contributed by atoms with Crippen molar-refractivity contribution < 1.29 is 9.50 Å². The van der Waals surface area contributed by atoms with Gasteiger partial charge in [0.05, 0.1) is 0 Å². The molecule has 0 aliphatic carbocycles. The largest absolute Gasteiger partial charge is 0.508 e. The minimum atomic E-state index is -0.315. The SMILES string of the molecule is Oc1ccc([C@H]2CCCCN2)c(F)c1. The monoisotopic (exact) mass is 195 g/mol. The van der Waals surface area contributed by atoms with Gasteiger partial charge in [-0.05, 0) is 25.5 Å². The molecule has 1 aliphatic rings. The number of benzene rings is 1. The Bertz CT molecular complexity index is 321. The minimum absolute atomic E-state index is 0.0120. The third-order valence-electron chi connectivity index (χ3n) is 2.67. The summed E-state index contributed by atoms with van der Waals surface area (Å²) in [6.07, 6.45) is 3.27. The van der Waals surface area contributed by atoms with Crippen molar-refractivity contribution in [1.29, 1.82) is 0 Å². The van der Waals surface area contributed by atoms with Crippen molar-refractivity contribution in [1.82, 2.24) is 5.32 Å². The standard InChI is InChI=1S/C11H14FNO/c12-10-7-8(14)4-5-9(10)11-3-1-2-6-13-11/h4-5,7,11,13-14H,1-3,6H2/t11-/m1/s1. The first-order chi connectivity index (χ1) is 6.77. The zero-order chi connectivity index (χ0) is 9.97. The summed E-state index contributed by atoms with van der Waals surface area (Å²) < 4.78 is 13.4. The number of phenols is 1. The maximum atomic E-state index is 13.4. The van der Waals surface area contributed by atoms with Crippen LogP contribution in [0.2, 0.25) is 0 Å². The van der Waals surface area contributed by atoms with E-state index in [2.05, 4.69) is 5.32 Å². The molecule has 2 nitrogen and oxygen atoms in total. The molecule has 0 bridgehead atoms. The lowest BCUT2D eigenvalue weighted by molar-refractivity contribution is 0.397. The van der Waals surface area contributed by atoms with E-state index in [1.165, 1.54) is 12.1 Å². The molecule has 0 saturated carbocycles. The van der Waals surface area contributed by atoms with Gasteiger partial charge in [-0.1, -0.05) is 12.5 Å². The molecule has 76 valence electrons. The van der Waals surface area contributed by atoms with E-state index < -0.39 is 0 Å². The molecule has 0 unspecified atom stereocenters. The van der Waals surface area contributed by atoms with Crippen molar-refractivity contribution in [2.75, 3.05) is 6.54 Å². The van der Waals surface area contributed by atoms with Crippen molar-refractivity contribution in [3.05, 3.63) is 29.6 Å². The number of piperidine rings is 1. The molecule has 1 heterocycles. The van der Waals surface area contributed by atoms with E-state index in [4.69, 9.17) is 5.11 Å². The van der Waals surface area contributed by atoms with Gasteiger partial charge < -0.3 is 10.4 Å². The minimum Gasteiger partial charge on any atom is -0.508 e. The Kier molecular flexibility index (Phi) is 2.68. The summed E-state index contributed by atoms with van der Waals surface area (Å²) in [5.41, 5.74) is 0.669. The van der Waals surface area contributed by atoms with Crippen LogP contribution in [0.5, 0.6) is 5.75 Å². The molecule has 3 heteroatoms. The number of halogens is 1. The van der Waals surface area contributed by atoms with Crippen LogP contribution in [-0.4, -0.2) is 11.7 Å². The van der Waals surface area contributed by atoms with Gasteiger partial charge in [-0.2, -0.15) is 0 Å². The molecule has 1 aromatic rings. The summed E-state index contributed by atoms with van der Waals surface area (Å²) >= 11 is 0. The molecule has 0 spiro atoms. The quantitative estimate of drug-likeness (QED) is 0.721. The Balaban J connectivity index is 2.22. The fourth-order valence-corrected chi connectivity index (χ4v) is 1.92. The molecular weight excluding hydrogens is 181 g/mol. The fourth-order valence-electron chi connectivity index (χ4n) is 1.92. The Morgan fingerprint density at radius 2 is 2.21 bits per heavy atom. The van der Waals surface area contributed by atoms with Crippen LogP contribution in [0.3, 0.4) is 0 Å². The van der Waals surface area contributed by atoms with Crippen molar-refractivity contribution in [3.8, 4) is 5.75 Å². The highest BCUT2D eigenvalue weighted by molar-refractivity contribution is 5.30. The Labute approximate surface area is 82.8 Å². The molecule has 0 radical (unpaired) electrons. The zero-order valence-corrected chi connectivity index (χ0v) is 7.96. The molecule has 1 aromatic carbocycles. The van der Waals surface area contributed by atoms with Crippen LogP contribution in [0.25, 0.3) is 0 Å². The van der Waals surface area contributed by atoms with Gasteiger partial charge in [-0.3, -0.25) is 0 Å². The fraction of sp³-hybridized carbons (Fsp3) is 0.455. The van der Waals surface area contributed by atoms with E-state index in [0.29, 0.717) is 5.56 Å². The molecule has 1 atom stereocenters. The molecular formula is C11H14FNO. The third-order valence-corrected chi connectivity index (χ3v) is 2.67. The summed E-state index contributed by atoms with van der Waals surface area (Å²) in [6, 6.07) is 4.48. The highest BCUT2D eigenvalue weighted by Crippen LogP contribution is 2.26. The van der Waals surface area contributed by atoms with Crippen molar-refractivity contribution in [2.24, 2.45) is 0 Å². The van der Waals surface area contributed by atoms with Crippen molar-refractivity contribution >= 4 is 0 Å². The van der Waals surface area contributed by atoms with Gasteiger partial charge in [0.15, 0.2) is 0 Å². The Morgan fingerprint density at radius 3 is 2.86 bits per heavy atom. The first kappa shape index (κ1) is 9.46. The molecule has 2 N–H and O–H groups in total. The van der Waals surface area contributed by atoms with Crippen molar-refractivity contribution in [2.45, 2.75) is 25.3 Å². The Morgan fingerprint density at radius 1 is 1.36 bits per heavy atom. The lowest BCUT2D eigenvalue weighted by Crippen LogP contribution is -2.27. The zero-order valence-electron chi connectivity index (χ0n) is 7.96. The summed E-state index contributed by atoms with van der Waals surface area (Å²) in [7, 11) is 0. The van der Waals surface area contributed by atoms with E-state index in [9.17, 15) is 4.39 Å². The van der Waals surface area contributed by atoms with E-state index in [-0.39, 0.29) is 17.6 Å². The molecule has 1 saturated heterocycles. The highest BCUT2D eigenvalue weighted by Gasteiger charge is 2.17. The van der Waals surface area contributed by atoms with Gasteiger partial charge in [-0.25, -0.2) is 4.39 Å². The van der Waals surface area contributed by atoms with Gasteiger partial charge in [0.1, 0.15) is 11.6 Å². The summed E-state index contributed by atoms with van der Waals surface area (Å²) in [5, 5.41) is 12.3. The van der Waals surface area contributed by atoms with Crippen LogP contribution < -0.4 is 5.32 Å². The maximum absolute atomic E-state index is 13.4. The normalized spacial score (nSPS) is 22.2. The second-order valence-corrected chi connectivity index (χ2v) is 3.71. The Hall–Kier alpha value is -1.09. The molecule has 1 fully saturated rings. The van der Waals surface area contributed by atoms with E-state index in [1.54, 1.807) is 6.07 Å².